The van der Waals surface area contributed by atoms with Crippen molar-refractivity contribution >= 4 is 5.91 Å². The van der Waals surface area contributed by atoms with E-state index < -0.39 is 0 Å². The SMILES string of the molecule is COc1ccc(C(=O)NN2CCN(C)CC2)cc1OC1CCCC1. The van der Waals surface area contributed by atoms with E-state index in [1.54, 1.807) is 19.2 Å². The van der Waals surface area contributed by atoms with E-state index in [0.29, 0.717) is 17.1 Å². The highest BCUT2D eigenvalue weighted by molar-refractivity contribution is 5.94. The summed E-state index contributed by atoms with van der Waals surface area (Å²) in [5.41, 5.74) is 3.59. The summed E-state index contributed by atoms with van der Waals surface area (Å²) in [4.78, 5) is 14.8. The third-order valence-electron chi connectivity index (χ3n) is 4.78. The molecule has 1 amide bonds. The molecule has 0 atom stereocenters. The first-order valence-electron chi connectivity index (χ1n) is 8.75. The number of hydrogen-bond donors (Lipinski definition) is 1. The van der Waals surface area contributed by atoms with E-state index in [2.05, 4.69) is 17.4 Å². The fraction of sp³-hybridized carbons (Fsp3) is 0.611. The first-order chi connectivity index (χ1) is 11.7. The highest BCUT2D eigenvalue weighted by atomic mass is 16.5. The average Bonchev–Trinajstić information content (AvgIpc) is 3.10. The maximum Gasteiger partial charge on any atom is 0.265 e. The van der Waals surface area contributed by atoms with Crippen molar-refractivity contribution in [2.24, 2.45) is 0 Å². The van der Waals surface area contributed by atoms with Crippen LogP contribution in [0.5, 0.6) is 11.5 Å². The van der Waals surface area contributed by atoms with E-state index in [4.69, 9.17) is 9.47 Å². The second kappa shape index (κ2) is 7.85. The molecule has 1 aliphatic heterocycles. The van der Waals surface area contributed by atoms with Crippen LogP contribution in [0.25, 0.3) is 0 Å². The molecular formula is C18H27N3O3. The van der Waals surface area contributed by atoms with Crippen molar-refractivity contribution in [3.8, 4) is 11.5 Å². The molecule has 1 aliphatic carbocycles. The van der Waals surface area contributed by atoms with Gasteiger partial charge in [0.25, 0.3) is 5.91 Å². The van der Waals surface area contributed by atoms with Gasteiger partial charge in [-0.3, -0.25) is 10.2 Å². The van der Waals surface area contributed by atoms with Gasteiger partial charge in [0.1, 0.15) is 0 Å². The monoisotopic (exact) mass is 333 g/mol. The molecule has 2 fully saturated rings. The second-order valence-corrected chi connectivity index (χ2v) is 6.62. The van der Waals surface area contributed by atoms with Crippen LogP contribution in [0.15, 0.2) is 18.2 Å². The molecule has 0 radical (unpaired) electrons. The van der Waals surface area contributed by atoms with E-state index in [0.717, 1.165) is 39.0 Å². The minimum absolute atomic E-state index is 0.0986. The Kier molecular flexibility index (Phi) is 5.58. The number of likely N-dealkylation sites (N-methyl/N-ethyl adjacent to an activating group) is 1. The van der Waals surface area contributed by atoms with Crippen molar-refractivity contribution in [2.45, 2.75) is 31.8 Å². The lowest BCUT2D eigenvalue weighted by atomic mass is 10.2. The molecule has 1 saturated heterocycles. The van der Waals surface area contributed by atoms with Crippen LogP contribution in [-0.4, -0.2) is 62.3 Å². The number of carbonyl (C=O) groups excluding carboxylic acids is 1. The topological polar surface area (TPSA) is 54.0 Å². The van der Waals surface area contributed by atoms with Gasteiger partial charge in [-0.05, 0) is 50.9 Å². The van der Waals surface area contributed by atoms with Crippen molar-refractivity contribution < 1.29 is 14.3 Å². The van der Waals surface area contributed by atoms with E-state index >= 15 is 0 Å². The summed E-state index contributed by atoms with van der Waals surface area (Å²) in [6.07, 6.45) is 4.78. The number of hydrazine groups is 1. The molecule has 6 nitrogen and oxygen atoms in total. The van der Waals surface area contributed by atoms with Gasteiger partial charge in [0, 0.05) is 31.7 Å². The molecule has 6 heteroatoms. The summed E-state index contributed by atoms with van der Waals surface area (Å²) in [7, 11) is 3.72. The van der Waals surface area contributed by atoms with Gasteiger partial charge in [0.2, 0.25) is 0 Å². The molecule has 0 spiro atoms. The molecule has 0 bridgehead atoms. The smallest absolute Gasteiger partial charge is 0.265 e. The zero-order valence-electron chi connectivity index (χ0n) is 14.6. The molecule has 0 unspecified atom stereocenters. The Bertz CT molecular complexity index is 565. The largest absolute Gasteiger partial charge is 0.493 e. The number of nitrogens with zero attached hydrogens (tertiary/aromatic N) is 2. The fourth-order valence-electron chi connectivity index (χ4n) is 3.22. The van der Waals surface area contributed by atoms with Gasteiger partial charge in [-0.25, -0.2) is 5.01 Å². The van der Waals surface area contributed by atoms with Crippen LogP contribution >= 0.6 is 0 Å². The predicted molar refractivity (Wildman–Crippen MR) is 92.4 cm³/mol. The van der Waals surface area contributed by atoms with Gasteiger partial charge in [0.05, 0.1) is 13.2 Å². The van der Waals surface area contributed by atoms with Crippen molar-refractivity contribution in [3.05, 3.63) is 23.8 Å². The quantitative estimate of drug-likeness (QED) is 0.892. The maximum absolute atomic E-state index is 12.5. The van der Waals surface area contributed by atoms with Gasteiger partial charge in [0.15, 0.2) is 11.5 Å². The van der Waals surface area contributed by atoms with E-state index in [-0.39, 0.29) is 12.0 Å². The fourth-order valence-corrected chi connectivity index (χ4v) is 3.22. The molecule has 132 valence electrons. The zero-order chi connectivity index (χ0) is 16.9. The van der Waals surface area contributed by atoms with Crippen LogP contribution in [0.3, 0.4) is 0 Å². The Morgan fingerprint density at radius 3 is 2.50 bits per heavy atom. The highest BCUT2D eigenvalue weighted by Crippen LogP contribution is 2.32. The summed E-state index contributed by atoms with van der Waals surface area (Å²) >= 11 is 0. The van der Waals surface area contributed by atoms with Crippen LogP contribution in [0.1, 0.15) is 36.0 Å². The van der Waals surface area contributed by atoms with E-state index in [1.165, 1.54) is 12.8 Å². The number of amides is 1. The lowest BCUT2D eigenvalue weighted by Gasteiger charge is -2.32. The number of benzene rings is 1. The number of ether oxygens (including phenoxy) is 2. The zero-order valence-corrected chi connectivity index (χ0v) is 14.6. The first kappa shape index (κ1) is 17.0. The van der Waals surface area contributed by atoms with E-state index in [1.807, 2.05) is 11.1 Å². The number of carbonyl (C=O) groups is 1. The minimum atomic E-state index is -0.0986. The summed E-state index contributed by atoms with van der Waals surface area (Å²) < 4.78 is 11.4. The summed E-state index contributed by atoms with van der Waals surface area (Å²) in [5, 5.41) is 1.98. The molecule has 1 aromatic carbocycles. The van der Waals surface area contributed by atoms with Crippen LogP contribution < -0.4 is 14.9 Å². The molecule has 24 heavy (non-hydrogen) atoms. The number of nitrogens with one attached hydrogen (secondary N) is 1. The summed E-state index contributed by atoms with van der Waals surface area (Å²) in [6.45, 7) is 3.59. The molecule has 1 saturated carbocycles. The van der Waals surface area contributed by atoms with Gasteiger partial charge in [-0.15, -0.1) is 0 Å². The molecule has 1 heterocycles. The molecule has 0 aromatic heterocycles. The Morgan fingerprint density at radius 1 is 1.12 bits per heavy atom. The number of hydrogen-bond acceptors (Lipinski definition) is 5. The predicted octanol–water partition coefficient (Wildman–Crippen LogP) is 1.91. The minimum Gasteiger partial charge on any atom is -0.493 e. The van der Waals surface area contributed by atoms with Crippen molar-refractivity contribution in [1.29, 1.82) is 0 Å². The van der Waals surface area contributed by atoms with Gasteiger partial charge >= 0.3 is 0 Å². The van der Waals surface area contributed by atoms with E-state index in [9.17, 15) is 4.79 Å². The molecular weight excluding hydrogens is 306 g/mol. The first-order valence-corrected chi connectivity index (χ1v) is 8.75. The van der Waals surface area contributed by atoms with Gasteiger partial charge < -0.3 is 14.4 Å². The van der Waals surface area contributed by atoms with Crippen LogP contribution in [0.2, 0.25) is 0 Å². The van der Waals surface area contributed by atoms with Crippen molar-refractivity contribution in [1.82, 2.24) is 15.3 Å². The Hall–Kier alpha value is -1.79. The number of piperazine rings is 1. The molecule has 2 aliphatic rings. The summed E-state index contributed by atoms with van der Waals surface area (Å²) in [5.74, 6) is 1.24. The van der Waals surface area contributed by atoms with Gasteiger partial charge in [-0.2, -0.15) is 0 Å². The molecule has 3 rings (SSSR count). The van der Waals surface area contributed by atoms with Crippen LogP contribution in [0, 0.1) is 0 Å². The maximum atomic E-state index is 12.5. The molecule has 1 N–H and O–H groups in total. The Balaban J connectivity index is 1.66. The standard InChI is InChI=1S/C18H27N3O3/c1-20-9-11-21(12-10-20)19-18(22)14-7-8-16(23-2)17(13-14)24-15-5-3-4-6-15/h7-8,13,15H,3-6,9-12H2,1-2H3,(H,19,22). The lowest BCUT2D eigenvalue weighted by Crippen LogP contribution is -2.52. The normalized spacial score (nSPS) is 20.1. The van der Waals surface area contributed by atoms with Crippen molar-refractivity contribution in [2.75, 3.05) is 40.3 Å². The third kappa shape index (κ3) is 4.19. The third-order valence-corrected chi connectivity index (χ3v) is 4.78. The van der Waals surface area contributed by atoms with Gasteiger partial charge in [-0.1, -0.05) is 0 Å². The Morgan fingerprint density at radius 2 is 1.83 bits per heavy atom. The van der Waals surface area contributed by atoms with Crippen molar-refractivity contribution in [3.63, 3.8) is 0 Å². The highest BCUT2D eigenvalue weighted by Gasteiger charge is 2.21. The number of methoxy groups -OCH3 is 1. The lowest BCUT2D eigenvalue weighted by molar-refractivity contribution is 0.0662. The summed E-state index contributed by atoms with van der Waals surface area (Å²) in [6, 6.07) is 5.39. The second-order valence-electron chi connectivity index (χ2n) is 6.62. The molecule has 1 aromatic rings. The van der Waals surface area contributed by atoms with Crippen LogP contribution in [0.4, 0.5) is 0 Å². The number of rotatable bonds is 5. The van der Waals surface area contributed by atoms with Crippen LogP contribution in [-0.2, 0) is 0 Å². The average molecular weight is 333 g/mol. The Labute approximate surface area is 143 Å².